The first-order valence-electron chi connectivity index (χ1n) is 5.42. The Balaban J connectivity index is 2.02. The summed E-state index contributed by atoms with van der Waals surface area (Å²) in [5.41, 5.74) is 1.56. The molecule has 2 unspecified atom stereocenters. The SMILES string of the molecule is OCC1CC(n2cnc3c(=S)nc[nH]c32)CO1. The fourth-order valence-electron chi connectivity index (χ4n) is 2.16. The first kappa shape index (κ1) is 10.8. The molecule has 1 aliphatic heterocycles. The number of H-pyrrole nitrogens is 1. The lowest BCUT2D eigenvalue weighted by molar-refractivity contribution is 0.0576. The number of nitrogens with zero attached hydrogens (tertiary/aromatic N) is 3. The molecule has 0 bridgehead atoms. The zero-order valence-electron chi connectivity index (χ0n) is 9.04. The van der Waals surface area contributed by atoms with Crippen molar-refractivity contribution in [1.29, 1.82) is 0 Å². The minimum absolute atomic E-state index is 0.0562. The average molecular weight is 252 g/mol. The van der Waals surface area contributed by atoms with E-state index in [1.54, 1.807) is 12.7 Å². The number of nitrogens with one attached hydrogen (secondary N) is 1. The molecule has 1 aliphatic rings. The molecule has 0 aromatic carbocycles. The van der Waals surface area contributed by atoms with E-state index < -0.39 is 0 Å². The second-order valence-electron chi connectivity index (χ2n) is 4.08. The van der Waals surface area contributed by atoms with E-state index in [0.29, 0.717) is 16.8 Å². The smallest absolute Gasteiger partial charge is 0.157 e. The lowest BCUT2D eigenvalue weighted by Crippen LogP contribution is -2.11. The van der Waals surface area contributed by atoms with Crippen LogP contribution in [0.2, 0.25) is 0 Å². The molecule has 3 heterocycles. The normalized spacial score (nSPS) is 24.5. The third kappa shape index (κ3) is 1.76. The van der Waals surface area contributed by atoms with Gasteiger partial charge in [-0.1, -0.05) is 12.2 Å². The summed E-state index contributed by atoms with van der Waals surface area (Å²) in [6.07, 6.45) is 4.02. The molecule has 0 spiro atoms. The zero-order valence-corrected chi connectivity index (χ0v) is 9.85. The van der Waals surface area contributed by atoms with E-state index in [-0.39, 0.29) is 18.8 Å². The number of imidazole rings is 1. The molecule has 6 nitrogen and oxygen atoms in total. The quantitative estimate of drug-likeness (QED) is 0.774. The monoisotopic (exact) mass is 252 g/mol. The molecule has 0 radical (unpaired) electrons. The second-order valence-corrected chi connectivity index (χ2v) is 4.47. The van der Waals surface area contributed by atoms with E-state index in [2.05, 4.69) is 15.0 Å². The Bertz CT molecular complexity index is 593. The van der Waals surface area contributed by atoms with Gasteiger partial charge in [-0.2, -0.15) is 0 Å². The average Bonchev–Trinajstić information content (AvgIpc) is 2.94. The molecule has 1 fully saturated rings. The summed E-state index contributed by atoms with van der Waals surface area (Å²) in [7, 11) is 0. The number of aromatic amines is 1. The summed E-state index contributed by atoms with van der Waals surface area (Å²) in [5, 5.41) is 9.05. The Morgan fingerprint density at radius 1 is 1.59 bits per heavy atom. The van der Waals surface area contributed by atoms with Crippen LogP contribution in [-0.2, 0) is 4.74 Å². The zero-order chi connectivity index (χ0) is 11.8. The van der Waals surface area contributed by atoms with E-state index in [9.17, 15) is 0 Å². The molecule has 3 rings (SSSR count). The van der Waals surface area contributed by atoms with Crippen LogP contribution in [0.3, 0.4) is 0 Å². The molecule has 2 N–H and O–H groups in total. The molecule has 17 heavy (non-hydrogen) atoms. The van der Waals surface area contributed by atoms with Crippen molar-refractivity contribution in [3.05, 3.63) is 17.3 Å². The lowest BCUT2D eigenvalue weighted by Gasteiger charge is -2.10. The maximum absolute atomic E-state index is 9.05. The van der Waals surface area contributed by atoms with Crippen molar-refractivity contribution in [2.75, 3.05) is 13.2 Å². The number of aromatic nitrogens is 4. The number of rotatable bonds is 2. The Labute approximate surface area is 102 Å². The standard InChI is InChI=1S/C10H12N4O2S/c15-2-7-1-6(3-16-7)14-5-13-8-9(14)11-4-12-10(8)17/h4-7,15H,1-3H2,(H,11,12,17). The number of aliphatic hydroxyl groups excluding tert-OH is 1. The molecular formula is C10H12N4O2S. The predicted octanol–water partition coefficient (Wildman–Crippen LogP) is 0.811. The molecular weight excluding hydrogens is 240 g/mol. The predicted molar refractivity (Wildman–Crippen MR) is 63.2 cm³/mol. The molecule has 90 valence electrons. The van der Waals surface area contributed by atoms with Crippen LogP contribution in [0, 0.1) is 4.64 Å². The Morgan fingerprint density at radius 3 is 3.24 bits per heavy atom. The van der Waals surface area contributed by atoms with Crippen LogP contribution in [0.5, 0.6) is 0 Å². The van der Waals surface area contributed by atoms with Crippen molar-refractivity contribution in [3.63, 3.8) is 0 Å². The number of hydrogen-bond acceptors (Lipinski definition) is 5. The molecule has 7 heteroatoms. The molecule has 1 saturated heterocycles. The lowest BCUT2D eigenvalue weighted by atomic mass is 10.2. The summed E-state index contributed by atoms with van der Waals surface area (Å²) in [5.74, 6) is 0. The van der Waals surface area contributed by atoms with E-state index in [4.69, 9.17) is 22.1 Å². The van der Waals surface area contributed by atoms with Gasteiger partial charge in [-0.3, -0.25) is 0 Å². The maximum atomic E-state index is 9.05. The summed E-state index contributed by atoms with van der Waals surface area (Å²) in [6.45, 7) is 0.639. The van der Waals surface area contributed by atoms with Crippen molar-refractivity contribution in [1.82, 2.24) is 19.5 Å². The summed E-state index contributed by atoms with van der Waals surface area (Å²) >= 11 is 5.11. The molecule has 0 aliphatic carbocycles. The van der Waals surface area contributed by atoms with Crippen molar-refractivity contribution in [2.45, 2.75) is 18.6 Å². The van der Waals surface area contributed by atoms with Gasteiger partial charge in [0, 0.05) is 0 Å². The number of aliphatic hydroxyl groups is 1. The maximum Gasteiger partial charge on any atom is 0.157 e. The van der Waals surface area contributed by atoms with Crippen LogP contribution >= 0.6 is 12.2 Å². The van der Waals surface area contributed by atoms with Crippen molar-refractivity contribution < 1.29 is 9.84 Å². The fourth-order valence-corrected chi connectivity index (χ4v) is 2.36. The fraction of sp³-hybridized carbons (Fsp3) is 0.500. The van der Waals surface area contributed by atoms with Gasteiger partial charge in [-0.05, 0) is 6.42 Å². The van der Waals surface area contributed by atoms with Gasteiger partial charge in [-0.25, -0.2) is 9.97 Å². The first-order chi connectivity index (χ1) is 8.29. The summed E-state index contributed by atoms with van der Waals surface area (Å²) in [6, 6.07) is 0.185. The molecule has 0 saturated carbocycles. The van der Waals surface area contributed by atoms with Crippen LogP contribution in [0.25, 0.3) is 11.2 Å². The van der Waals surface area contributed by atoms with Gasteiger partial charge in [0.1, 0.15) is 11.2 Å². The minimum atomic E-state index is -0.0812. The highest BCUT2D eigenvalue weighted by Gasteiger charge is 2.27. The first-order valence-corrected chi connectivity index (χ1v) is 5.83. The Kier molecular flexibility index (Phi) is 2.65. The largest absolute Gasteiger partial charge is 0.394 e. The molecule has 2 aromatic heterocycles. The van der Waals surface area contributed by atoms with Gasteiger partial charge in [0.15, 0.2) is 4.64 Å². The van der Waals surface area contributed by atoms with Crippen LogP contribution < -0.4 is 0 Å². The third-order valence-electron chi connectivity index (χ3n) is 3.04. The van der Waals surface area contributed by atoms with Crippen molar-refractivity contribution >= 4 is 23.4 Å². The summed E-state index contributed by atoms with van der Waals surface area (Å²) in [4.78, 5) is 11.3. The van der Waals surface area contributed by atoms with E-state index in [1.807, 2.05) is 4.57 Å². The van der Waals surface area contributed by atoms with E-state index in [0.717, 1.165) is 12.1 Å². The third-order valence-corrected chi connectivity index (χ3v) is 3.33. The minimum Gasteiger partial charge on any atom is -0.394 e. The van der Waals surface area contributed by atoms with E-state index >= 15 is 0 Å². The number of fused-ring (bicyclic) bond motifs is 1. The number of hydrogen-bond donors (Lipinski definition) is 2. The van der Waals surface area contributed by atoms with Crippen LogP contribution in [0.4, 0.5) is 0 Å². The number of ether oxygens (including phenoxy) is 1. The van der Waals surface area contributed by atoms with Gasteiger partial charge in [-0.15, -0.1) is 0 Å². The van der Waals surface area contributed by atoms with Crippen LogP contribution in [0.15, 0.2) is 12.7 Å². The molecule has 0 amide bonds. The van der Waals surface area contributed by atoms with Gasteiger partial charge in [0.25, 0.3) is 0 Å². The highest BCUT2D eigenvalue weighted by molar-refractivity contribution is 7.71. The highest BCUT2D eigenvalue weighted by Crippen LogP contribution is 2.26. The van der Waals surface area contributed by atoms with Crippen LogP contribution in [0.1, 0.15) is 12.5 Å². The van der Waals surface area contributed by atoms with Gasteiger partial charge >= 0.3 is 0 Å². The molecule has 2 aromatic rings. The summed E-state index contributed by atoms with van der Waals surface area (Å²) < 4.78 is 7.96. The highest BCUT2D eigenvalue weighted by atomic mass is 32.1. The van der Waals surface area contributed by atoms with E-state index in [1.165, 1.54) is 0 Å². The van der Waals surface area contributed by atoms with Crippen LogP contribution in [-0.4, -0.2) is 43.9 Å². The van der Waals surface area contributed by atoms with Gasteiger partial charge in [0.05, 0.1) is 38.0 Å². The Hall–Kier alpha value is -1.31. The topological polar surface area (TPSA) is 76.0 Å². The second kappa shape index (κ2) is 4.17. The van der Waals surface area contributed by atoms with Crippen molar-refractivity contribution in [3.8, 4) is 0 Å². The van der Waals surface area contributed by atoms with Gasteiger partial charge in [0.2, 0.25) is 0 Å². The van der Waals surface area contributed by atoms with Crippen molar-refractivity contribution in [2.24, 2.45) is 0 Å². The molecule has 2 atom stereocenters. The Morgan fingerprint density at radius 2 is 2.47 bits per heavy atom. The van der Waals surface area contributed by atoms with Gasteiger partial charge < -0.3 is 19.4 Å².